The Balaban J connectivity index is 1.77. The summed E-state index contributed by atoms with van der Waals surface area (Å²) in [6, 6.07) is 0.125. The Morgan fingerprint density at radius 2 is 1.68 bits per heavy atom. The molecule has 0 aliphatic rings. The van der Waals surface area contributed by atoms with Crippen molar-refractivity contribution in [3.8, 4) is 0 Å². The van der Waals surface area contributed by atoms with Gasteiger partial charge in [-0.1, -0.05) is 0 Å². The second kappa shape index (κ2) is 9.98. The summed E-state index contributed by atoms with van der Waals surface area (Å²) in [7, 11) is 0. The van der Waals surface area contributed by atoms with Crippen molar-refractivity contribution >= 4 is 39.8 Å². The van der Waals surface area contributed by atoms with Crippen LogP contribution in [0.5, 0.6) is 0 Å². The third-order valence-electron chi connectivity index (χ3n) is 6.15. The van der Waals surface area contributed by atoms with Crippen LogP contribution in [0.15, 0.2) is 19.7 Å². The first-order chi connectivity index (χ1) is 16.0. The Bertz CT molecular complexity index is 1340. The van der Waals surface area contributed by atoms with Crippen molar-refractivity contribution < 1.29 is 28.3 Å². The molecule has 1 atom stereocenters. The van der Waals surface area contributed by atoms with Gasteiger partial charge in [0.25, 0.3) is 0 Å². The number of nitrogens with two attached hydrogens (primary N) is 1. The lowest BCUT2D eigenvalue weighted by atomic mass is 9.98. The summed E-state index contributed by atoms with van der Waals surface area (Å²) >= 11 is 0. The Hall–Kier alpha value is -3.82. The second-order valence-electron chi connectivity index (χ2n) is 8.42. The Kier molecular flexibility index (Phi) is 7.29. The van der Waals surface area contributed by atoms with Gasteiger partial charge in [-0.05, 0) is 64.2 Å². The molecule has 182 valence electrons. The van der Waals surface area contributed by atoms with Crippen LogP contribution in [0.25, 0.3) is 21.9 Å². The number of nitrogens with one attached hydrogen (secondary N) is 2. The SMILES string of the molecule is Cc1oc2c(C)c3oc(=O)c(CCC(=O)NC(CCCNC(N)=O)C(=O)O)c(C)c3cc2c1C. The minimum absolute atomic E-state index is 0.0779. The summed E-state index contributed by atoms with van der Waals surface area (Å²) in [4.78, 5) is 47.3. The van der Waals surface area contributed by atoms with Gasteiger partial charge >= 0.3 is 17.6 Å². The Labute approximate surface area is 195 Å². The number of carbonyl (C=O) groups excluding carboxylic acids is 2. The second-order valence-corrected chi connectivity index (χ2v) is 8.42. The number of fused-ring (bicyclic) bond motifs is 2. The van der Waals surface area contributed by atoms with Gasteiger partial charge < -0.3 is 30.3 Å². The van der Waals surface area contributed by atoms with Crippen LogP contribution < -0.4 is 22.0 Å². The molecule has 0 aliphatic heterocycles. The summed E-state index contributed by atoms with van der Waals surface area (Å²) in [5.74, 6) is -0.884. The summed E-state index contributed by atoms with van der Waals surface area (Å²) in [5.41, 5.74) is 8.41. The minimum atomic E-state index is -1.18. The van der Waals surface area contributed by atoms with Crippen molar-refractivity contribution in [1.82, 2.24) is 10.6 Å². The lowest BCUT2D eigenvalue weighted by molar-refractivity contribution is -0.142. The molecule has 2 heterocycles. The number of hydrogen-bond donors (Lipinski definition) is 4. The summed E-state index contributed by atoms with van der Waals surface area (Å²) in [5, 5.41) is 15.9. The zero-order chi connectivity index (χ0) is 25.2. The van der Waals surface area contributed by atoms with Gasteiger partial charge in [0.15, 0.2) is 0 Å². The van der Waals surface area contributed by atoms with Crippen molar-refractivity contribution in [3.63, 3.8) is 0 Å². The molecular weight excluding hydrogens is 442 g/mol. The van der Waals surface area contributed by atoms with Crippen LogP contribution >= 0.6 is 0 Å². The summed E-state index contributed by atoms with van der Waals surface area (Å²) in [6.07, 6.45) is 0.475. The molecule has 1 aromatic carbocycles. The van der Waals surface area contributed by atoms with Crippen molar-refractivity contribution in [3.05, 3.63) is 44.5 Å². The van der Waals surface area contributed by atoms with Crippen LogP contribution in [0.4, 0.5) is 4.79 Å². The van der Waals surface area contributed by atoms with Gasteiger partial charge in [0.05, 0.1) is 0 Å². The highest BCUT2D eigenvalue weighted by atomic mass is 16.4. The first kappa shape index (κ1) is 24.8. The molecule has 3 aromatic rings. The van der Waals surface area contributed by atoms with Crippen LogP contribution in [0.2, 0.25) is 0 Å². The number of amides is 3. The van der Waals surface area contributed by atoms with Gasteiger partial charge in [0, 0.05) is 34.9 Å². The highest BCUT2D eigenvalue weighted by Gasteiger charge is 2.22. The van der Waals surface area contributed by atoms with E-state index in [9.17, 15) is 24.3 Å². The third-order valence-corrected chi connectivity index (χ3v) is 6.15. The van der Waals surface area contributed by atoms with Gasteiger partial charge in [0.2, 0.25) is 5.91 Å². The van der Waals surface area contributed by atoms with E-state index in [2.05, 4.69) is 10.6 Å². The van der Waals surface area contributed by atoms with Gasteiger partial charge in [-0.3, -0.25) is 4.79 Å². The van der Waals surface area contributed by atoms with Crippen molar-refractivity contribution in [2.24, 2.45) is 5.73 Å². The van der Waals surface area contributed by atoms with E-state index >= 15 is 0 Å². The van der Waals surface area contributed by atoms with E-state index < -0.39 is 29.6 Å². The highest BCUT2D eigenvalue weighted by Crippen LogP contribution is 2.34. The van der Waals surface area contributed by atoms with Crippen LogP contribution in [-0.2, 0) is 16.0 Å². The maximum absolute atomic E-state index is 12.7. The van der Waals surface area contributed by atoms with Gasteiger partial charge in [-0.2, -0.15) is 0 Å². The van der Waals surface area contributed by atoms with Crippen molar-refractivity contribution in [2.75, 3.05) is 6.54 Å². The standard InChI is InChI=1S/C24H29N3O7/c1-11-14(4)33-20-13(3)21-17(10-16(11)20)12(2)15(23(31)34-21)7-8-19(28)27-18(22(29)30)6-5-9-26-24(25)32/h10,18H,5-9H2,1-4H3,(H,27,28)(H,29,30)(H3,25,26,32). The number of urea groups is 1. The average molecular weight is 472 g/mol. The van der Waals surface area contributed by atoms with E-state index in [0.717, 1.165) is 33.2 Å². The first-order valence-corrected chi connectivity index (χ1v) is 11.0. The molecule has 0 fully saturated rings. The van der Waals surface area contributed by atoms with E-state index in [0.29, 0.717) is 23.2 Å². The Morgan fingerprint density at radius 1 is 1.03 bits per heavy atom. The predicted octanol–water partition coefficient (Wildman–Crippen LogP) is 2.72. The smallest absolute Gasteiger partial charge is 0.339 e. The molecule has 0 saturated heterocycles. The molecule has 10 heteroatoms. The highest BCUT2D eigenvalue weighted by molar-refractivity contribution is 6.00. The van der Waals surface area contributed by atoms with Gasteiger partial charge in [0.1, 0.15) is 23.0 Å². The molecule has 34 heavy (non-hydrogen) atoms. The van der Waals surface area contributed by atoms with E-state index in [1.807, 2.05) is 33.8 Å². The summed E-state index contributed by atoms with van der Waals surface area (Å²) < 4.78 is 11.5. The monoisotopic (exact) mass is 471 g/mol. The average Bonchev–Trinajstić information content (AvgIpc) is 3.05. The molecule has 0 radical (unpaired) electrons. The van der Waals surface area contributed by atoms with Crippen molar-refractivity contribution in [2.45, 2.75) is 59.4 Å². The topological polar surface area (TPSA) is 165 Å². The molecule has 0 aliphatic carbocycles. The quantitative estimate of drug-likeness (QED) is 0.275. The molecule has 0 saturated carbocycles. The fraction of sp³-hybridized carbons (Fsp3) is 0.417. The molecule has 1 unspecified atom stereocenters. The number of hydrogen-bond acceptors (Lipinski definition) is 6. The fourth-order valence-electron chi connectivity index (χ4n) is 4.06. The number of furan rings is 1. The number of carboxylic acid groups (broad SMARTS) is 1. The first-order valence-electron chi connectivity index (χ1n) is 11.0. The molecule has 0 spiro atoms. The molecule has 5 N–H and O–H groups in total. The number of aliphatic carboxylic acids is 1. The van der Waals surface area contributed by atoms with Gasteiger partial charge in [-0.15, -0.1) is 0 Å². The predicted molar refractivity (Wildman–Crippen MR) is 126 cm³/mol. The lowest BCUT2D eigenvalue weighted by Crippen LogP contribution is -2.41. The molecule has 10 nitrogen and oxygen atoms in total. The minimum Gasteiger partial charge on any atom is -0.480 e. The molecular formula is C24H29N3O7. The molecule has 0 bridgehead atoms. The number of aryl methyl sites for hydroxylation is 4. The number of carbonyl (C=O) groups is 3. The van der Waals surface area contributed by atoms with E-state index in [1.165, 1.54) is 0 Å². The van der Waals surface area contributed by atoms with Crippen LogP contribution in [0.1, 0.15) is 47.3 Å². The van der Waals surface area contributed by atoms with Crippen LogP contribution in [-0.4, -0.2) is 35.6 Å². The fourth-order valence-corrected chi connectivity index (χ4v) is 4.06. The molecule has 3 amide bonds. The maximum atomic E-state index is 12.7. The van der Waals surface area contributed by atoms with Gasteiger partial charge in [-0.25, -0.2) is 14.4 Å². The van der Waals surface area contributed by atoms with Crippen LogP contribution in [0, 0.1) is 27.7 Å². The Morgan fingerprint density at radius 3 is 2.32 bits per heavy atom. The van der Waals surface area contributed by atoms with E-state index in [-0.39, 0.29) is 25.8 Å². The number of benzene rings is 1. The third kappa shape index (κ3) is 5.05. The van der Waals surface area contributed by atoms with Crippen molar-refractivity contribution in [1.29, 1.82) is 0 Å². The zero-order valence-corrected chi connectivity index (χ0v) is 19.7. The normalized spacial score (nSPS) is 12.1. The number of carboxylic acids is 1. The molecule has 2 aromatic heterocycles. The van der Waals surface area contributed by atoms with E-state index in [1.54, 1.807) is 0 Å². The zero-order valence-electron chi connectivity index (χ0n) is 19.7. The van der Waals surface area contributed by atoms with Crippen LogP contribution in [0.3, 0.4) is 0 Å². The summed E-state index contributed by atoms with van der Waals surface area (Å²) in [6.45, 7) is 7.70. The number of rotatable bonds is 9. The van der Waals surface area contributed by atoms with E-state index in [4.69, 9.17) is 14.6 Å². The molecule has 3 rings (SSSR count). The largest absolute Gasteiger partial charge is 0.480 e. The maximum Gasteiger partial charge on any atom is 0.339 e. The lowest BCUT2D eigenvalue weighted by Gasteiger charge is -2.15. The number of primary amides is 1.